The highest BCUT2D eigenvalue weighted by Gasteiger charge is 2.28. The Morgan fingerprint density at radius 3 is 2.65 bits per heavy atom. The van der Waals surface area contributed by atoms with Gasteiger partial charge >= 0.3 is 0 Å². The quantitative estimate of drug-likeness (QED) is 0.321. The largest absolute Gasteiger partial charge is 0.343 e. The molecule has 0 bridgehead atoms. The summed E-state index contributed by atoms with van der Waals surface area (Å²) in [5, 5.41) is 13.7. The number of piperidine rings is 1. The molecule has 2 amide bonds. The number of halogens is 1. The number of likely N-dealkylation sites (tertiary alicyclic amines) is 1. The molecule has 1 fully saturated rings. The number of pyridine rings is 1. The van der Waals surface area contributed by atoms with Crippen LogP contribution in [-0.4, -0.2) is 64.3 Å². The minimum Gasteiger partial charge on any atom is -0.343 e. The highest BCUT2D eigenvalue weighted by Crippen LogP contribution is 2.39. The molecule has 0 saturated carbocycles. The molecule has 1 aliphatic heterocycles. The van der Waals surface area contributed by atoms with Crippen molar-refractivity contribution in [1.29, 1.82) is 0 Å². The number of nitrogens with one attached hydrogen (secondary N) is 1. The summed E-state index contributed by atoms with van der Waals surface area (Å²) in [7, 11) is 1.83. The Labute approximate surface area is 245 Å². The molecular formula is C31H28FN9O2. The van der Waals surface area contributed by atoms with Crippen LogP contribution in [-0.2, 0) is 23.2 Å². The number of nitrogens with zero attached hydrogens (tertiary/aromatic N) is 8. The van der Waals surface area contributed by atoms with Crippen LogP contribution >= 0.6 is 0 Å². The fraction of sp³-hybridized carbons (Fsp3) is 0.258. The molecule has 1 saturated heterocycles. The number of rotatable bonds is 5. The summed E-state index contributed by atoms with van der Waals surface area (Å²) in [5.74, 6) is -0.592. The van der Waals surface area contributed by atoms with E-state index in [1.165, 1.54) is 6.07 Å². The maximum absolute atomic E-state index is 15.7. The van der Waals surface area contributed by atoms with Gasteiger partial charge in [-0.3, -0.25) is 33.9 Å². The van der Waals surface area contributed by atoms with Gasteiger partial charge in [0.2, 0.25) is 11.8 Å². The van der Waals surface area contributed by atoms with Gasteiger partial charge in [-0.2, -0.15) is 10.2 Å². The van der Waals surface area contributed by atoms with Gasteiger partial charge in [0, 0.05) is 61.7 Å². The summed E-state index contributed by atoms with van der Waals surface area (Å²) in [6.07, 6.45) is 9.34. The molecule has 1 aliphatic rings. The average Bonchev–Trinajstić information content (AvgIpc) is 3.56. The Balaban J connectivity index is 1.31. The van der Waals surface area contributed by atoms with E-state index >= 15 is 4.39 Å². The van der Waals surface area contributed by atoms with Crippen molar-refractivity contribution < 1.29 is 14.0 Å². The van der Waals surface area contributed by atoms with E-state index in [4.69, 9.17) is 5.10 Å². The first-order valence-corrected chi connectivity index (χ1v) is 14.1. The molecule has 43 heavy (non-hydrogen) atoms. The summed E-state index contributed by atoms with van der Waals surface area (Å²) in [5.41, 5.74) is 5.02. The number of anilines is 1. The average molecular weight is 578 g/mol. The lowest BCUT2D eigenvalue weighted by atomic mass is 9.89. The van der Waals surface area contributed by atoms with Gasteiger partial charge in [0.25, 0.3) is 0 Å². The van der Waals surface area contributed by atoms with Crippen LogP contribution in [0.1, 0.15) is 31.4 Å². The number of fused-ring (bicyclic) bond motifs is 3. The zero-order valence-electron chi connectivity index (χ0n) is 23.7. The summed E-state index contributed by atoms with van der Waals surface area (Å²) in [6, 6.07) is 8.96. The van der Waals surface area contributed by atoms with Gasteiger partial charge in [-0.25, -0.2) is 4.39 Å². The third-order valence-corrected chi connectivity index (χ3v) is 8.21. The van der Waals surface area contributed by atoms with Crippen LogP contribution in [0.15, 0.2) is 61.3 Å². The summed E-state index contributed by atoms with van der Waals surface area (Å²) >= 11 is 0. The summed E-state index contributed by atoms with van der Waals surface area (Å²) in [6.45, 7) is 2.73. The highest BCUT2D eigenvalue weighted by molar-refractivity contribution is 6.01. The van der Waals surface area contributed by atoms with Gasteiger partial charge in [-0.15, -0.1) is 0 Å². The SMILES string of the molecule is CC(=O)N1CCC(c2nn(CC(=O)Nc3cncc4nccnc34)c3cccc(-c4cc5c(cnn5C)cc4F)c23)CC1. The molecule has 0 unspecified atom stereocenters. The van der Waals surface area contributed by atoms with Gasteiger partial charge < -0.3 is 10.2 Å². The molecule has 11 nitrogen and oxygen atoms in total. The molecule has 1 N–H and O–H groups in total. The monoisotopic (exact) mass is 577 g/mol. The number of carbonyl (C=O) groups excluding carboxylic acids is 2. The van der Waals surface area contributed by atoms with Crippen molar-refractivity contribution in [1.82, 2.24) is 39.4 Å². The Morgan fingerprint density at radius 2 is 1.84 bits per heavy atom. The van der Waals surface area contributed by atoms with E-state index in [1.54, 1.807) is 47.3 Å². The van der Waals surface area contributed by atoms with Gasteiger partial charge in [0.1, 0.15) is 23.4 Å². The number of benzene rings is 2. The fourth-order valence-electron chi connectivity index (χ4n) is 6.05. The predicted molar refractivity (Wildman–Crippen MR) is 160 cm³/mol. The number of hydrogen-bond acceptors (Lipinski definition) is 7. The van der Waals surface area contributed by atoms with E-state index in [-0.39, 0.29) is 30.1 Å². The zero-order chi connectivity index (χ0) is 29.7. The van der Waals surface area contributed by atoms with Gasteiger partial charge in [-0.05, 0) is 36.6 Å². The maximum atomic E-state index is 15.7. The number of hydrogen-bond donors (Lipinski definition) is 1. The first-order valence-electron chi connectivity index (χ1n) is 14.1. The molecule has 6 aromatic rings. The van der Waals surface area contributed by atoms with E-state index in [2.05, 4.69) is 25.4 Å². The predicted octanol–water partition coefficient (Wildman–Crippen LogP) is 4.43. The van der Waals surface area contributed by atoms with E-state index in [0.29, 0.717) is 46.3 Å². The first kappa shape index (κ1) is 26.6. The van der Waals surface area contributed by atoms with E-state index in [9.17, 15) is 9.59 Å². The van der Waals surface area contributed by atoms with Crippen LogP contribution in [0, 0.1) is 5.82 Å². The number of amides is 2. The molecule has 2 aromatic carbocycles. The Bertz CT molecular complexity index is 2040. The van der Waals surface area contributed by atoms with Crippen molar-refractivity contribution in [2.75, 3.05) is 18.4 Å². The molecule has 216 valence electrons. The maximum Gasteiger partial charge on any atom is 0.246 e. The Hall–Kier alpha value is -5.26. The second-order valence-corrected chi connectivity index (χ2v) is 10.8. The Morgan fingerprint density at radius 1 is 1.02 bits per heavy atom. The summed E-state index contributed by atoms with van der Waals surface area (Å²) < 4.78 is 19.0. The molecule has 4 aromatic heterocycles. The second-order valence-electron chi connectivity index (χ2n) is 10.8. The number of aryl methyl sites for hydroxylation is 1. The normalized spacial score (nSPS) is 14.2. The van der Waals surface area contributed by atoms with Gasteiger partial charge in [-0.1, -0.05) is 12.1 Å². The van der Waals surface area contributed by atoms with Crippen molar-refractivity contribution in [3.05, 3.63) is 72.8 Å². The third-order valence-electron chi connectivity index (χ3n) is 8.21. The van der Waals surface area contributed by atoms with Crippen molar-refractivity contribution in [3.63, 3.8) is 0 Å². The Kier molecular flexibility index (Phi) is 6.52. The van der Waals surface area contributed by atoms with Gasteiger partial charge in [0.15, 0.2) is 0 Å². The molecule has 12 heteroatoms. The molecule has 0 atom stereocenters. The van der Waals surface area contributed by atoms with Crippen LogP contribution in [0.5, 0.6) is 0 Å². The van der Waals surface area contributed by atoms with Crippen molar-refractivity contribution >= 4 is 50.3 Å². The lowest BCUT2D eigenvalue weighted by Gasteiger charge is -2.30. The number of carbonyl (C=O) groups is 2. The summed E-state index contributed by atoms with van der Waals surface area (Å²) in [4.78, 5) is 40.0. The van der Waals surface area contributed by atoms with Gasteiger partial charge in [0.05, 0.1) is 41.0 Å². The van der Waals surface area contributed by atoms with Crippen LogP contribution in [0.25, 0.3) is 44.0 Å². The molecular weight excluding hydrogens is 549 g/mol. The fourth-order valence-corrected chi connectivity index (χ4v) is 6.05. The number of aromatic nitrogens is 7. The zero-order valence-corrected chi connectivity index (χ0v) is 23.7. The molecule has 7 rings (SSSR count). The minimum atomic E-state index is -0.361. The van der Waals surface area contributed by atoms with Crippen molar-refractivity contribution in [2.24, 2.45) is 7.05 Å². The second kappa shape index (κ2) is 10.5. The minimum absolute atomic E-state index is 0.0320. The lowest BCUT2D eigenvalue weighted by Crippen LogP contribution is -2.36. The van der Waals surface area contributed by atoms with Crippen molar-refractivity contribution in [2.45, 2.75) is 32.2 Å². The van der Waals surface area contributed by atoms with Crippen LogP contribution in [0.3, 0.4) is 0 Å². The highest BCUT2D eigenvalue weighted by atomic mass is 19.1. The van der Waals surface area contributed by atoms with Crippen molar-refractivity contribution in [3.8, 4) is 11.1 Å². The molecule has 0 spiro atoms. The van der Waals surface area contributed by atoms with E-state index in [0.717, 1.165) is 35.0 Å². The molecule has 0 radical (unpaired) electrons. The standard InChI is InChI=1S/C31H28FN9O2/c1-18(42)40-10-6-19(7-11-40)30-29-21(22-13-27-20(12-23(22)32)14-36-39(27)2)4-3-5-26(29)41(38-30)17-28(43)37-25-16-33-15-24-31(25)35-9-8-34-24/h3-5,8-9,12-16,19H,6-7,10-11,17H2,1-2H3,(H,37,43). The van der Waals surface area contributed by atoms with E-state index < -0.39 is 0 Å². The van der Waals surface area contributed by atoms with E-state index in [1.807, 2.05) is 36.2 Å². The van der Waals surface area contributed by atoms with Crippen LogP contribution < -0.4 is 5.32 Å². The lowest BCUT2D eigenvalue weighted by molar-refractivity contribution is -0.129. The first-order chi connectivity index (χ1) is 20.9. The molecule has 5 heterocycles. The van der Waals surface area contributed by atoms with Crippen LogP contribution in [0.4, 0.5) is 10.1 Å². The van der Waals surface area contributed by atoms with Crippen LogP contribution in [0.2, 0.25) is 0 Å². The topological polar surface area (TPSA) is 124 Å². The smallest absolute Gasteiger partial charge is 0.246 e. The molecule has 0 aliphatic carbocycles. The third kappa shape index (κ3) is 4.74.